The van der Waals surface area contributed by atoms with Crippen molar-refractivity contribution in [1.82, 2.24) is 0 Å². The Kier molecular flexibility index (Phi) is 5.60. The van der Waals surface area contributed by atoms with Crippen molar-refractivity contribution in [2.75, 3.05) is 11.8 Å². The highest BCUT2D eigenvalue weighted by Crippen LogP contribution is 2.33. The highest BCUT2D eigenvalue weighted by atomic mass is 35.5. The lowest BCUT2D eigenvalue weighted by atomic mass is 9.78. The van der Waals surface area contributed by atoms with Gasteiger partial charge in [-0.2, -0.15) is 0 Å². The normalized spacial score (nSPS) is 11.7. The van der Waals surface area contributed by atoms with Crippen LogP contribution in [0.2, 0.25) is 5.02 Å². The van der Waals surface area contributed by atoms with Crippen LogP contribution in [0.15, 0.2) is 42.5 Å². The van der Waals surface area contributed by atoms with Crippen LogP contribution in [0.1, 0.15) is 22.3 Å². The number of alkyl halides is 2. The Bertz CT molecular complexity index is 595. The average Bonchev–Trinajstić information content (AvgIpc) is 2.44. The molecule has 0 heterocycles. The van der Waals surface area contributed by atoms with Crippen LogP contribution in [-0.4, -0.2) is 11.8 Å². The Labute approximate surface area is 142 Å². The van der Waals surface area contributed by atoms with Gasteiger partial charge in [-0.15, -0.1) is 23.2 Å². The molecule has 0 aliphatic rings. The number of aryl methyl sites for hydroxylation is 2. The van der Waals surface area contributed by atoms with Crippen LogP contribution < -0.4 is 0 Å². The second-order valence-electron chi connectivity index (χ2n) is 5.73. The third-order valence-electron chi connectivity index (χ3n) is 3.77. The molecule has 2 aromatic rings. The molecule has 0 radical (unpaired) electrons. The van der Waals surface area contributed by atoms with Gasteiger partial charge in [-0.25, -0.2) is 0 Å². The maximum atomic E-state index is 6.31. The third-order valence-corrected chi connectivity index (χ3v) is 5.03. The number of benzene rings is 2. The Hall–Kier alpha value is -0.690. The first-order chi connectivity index (χ1) is 9.99. The first-order valence-electron chi connectivity index (χ1n) is 6.94. The Morgan fingerprint density at radius 3 is 2.05 bits per heavy atom. The molecule has 0 aromatic heterocycles. The summed E-state index contributed by atoms with van der Waals surface area (Å²) in [7, 11) is 0. The van der Waals surface area contributed by atoms with Crippen LogP contribution in [-0.2, 0) is 11.8 Å². The predicted molar refractivity (Wildman–Crippen MR) is 94.2 cm³/mol. The first-order valence-corrected chi connectivity index (χ1v) is 8.39. The van der Waals surface area contributed by atoms with Gasteiger partial charge in [0, 0.05) is 22.2 Å². The van der Waals surface area contributed by atoms with Gasteiger partial charge >= 0.3 is 0 Å². The Morgan fingerprint density at radius 2 is 1.52 bits per heavy atom. The molecule has 0 saturated heterocycles. The van der Waals surface area contributed by atoms with Crippen molar-refractivity contribution in [3.05, 3.63) is 69.7 Å². The fourth-order valence-corrected chi connectivity index (χ4v) is 3.74. The minimum Gasteiger partial charge on any atom is -0.126 e. The molecule has 0 bridgehead atoms. The molecule has 0 spiro atoms. The largest absolute Gasteiger partial charge is 0.126 e. The average molecular weight is 342 g/mol. The molecule has 2 aromatic carbocycles. The van der Waals surface area contributed by atoms with Crippen LogP contribution in [0.4, 0.5) is 0 Å². The summed E-state index contributed by atoms with van der Waals surface area (Å²) in [5.74, 6) is 0.924. The van der Waals surface area contributed by atoms with E-state index in [1.165, 1.54) is 16.7 Å². The van der Waals surface area contributed by atoms with Crippen LogP contribution in [0, 0.1) is 13.8 Å². The lowest BCUT2D eigenvalue weighted by molar-refractivity contribution is 0.536. The van der Waals surface area contributed by atoms with E-state index in [2.05, 4.69) is 38.1 Å². The van der Waals surface area contributed by atoms with Gasteiger partial charge in [0.05, 0.1) is 0 Å². The summed E-state index contributed by atoms with van der Waals surface area (Å²) in [6.45, 7) is 4.22. The first kappa shape index (κ1) is 16.7. The monoisotopic (exact) mass is 340 g/mol. The van der Waals surface area contributed by atoms with Crippen LogP contribution in [0.3, 0.4) is 0 Å². The molecule has 0 nitrogen and oxygen atoms in total. The molecule has 21 heavy (non-hydrogen) atoms. The molecule has 0 N–H and O–H groups in total. The minimum atomic E-state index is -0.297. The van der Waals surface area contributed by atoms with Crippen molar-refractivity contribution < 1.29 is 0 Å². The summed E-state index contributed by atoms with van der Waals surface area (Å²) in [6.07, 6.45) is 0.808. The fourth-order valence-electron chi connectivity index (χ4n) is 2.77. The van der Waals surface area contributed by atoms with Crippen molar-refractivity contribution in [3.63, 3.8) is 0 Å². The van der Waals surface area contributed by atoms with E-state index in [4.69, 9.17) is 34.8 Å². The summed E-state index contributed by atoms with van der Waals surface area (Å²) >= 11 is 18.8. The summed E-state index contributed by atoms with van der Waals surface area (Å²) in [5.41, 5.74) is 4.57. The highest BCUT2D eigenvalue weighted by molar-refractivity contribution is 6.30. The lowest BCUT2D eigenvalue weighted by Crippen LogP contribution is -2.33. The van der Waals surface area contributed by atoms with Gasteiger partial charge in [-0.3, -0.25) is 0 Å². The molecule has 0 fully saturated rings. The second kappa shape index (κ2) is 7.05. The summed E-state index contributed by atoms with van der Waals surface area (Å²) in [5, 5.41) is 0.715. The molecular weight excluding hydrogens is 323 g/mol. The molecule has 0 amide bonds. The summed E-state index contributed by atoms with van der Waals surface area (Å²) < 4.78 is 0. The van der Waals surface area contributed by atoms with Gasteiger partial charge in [-0.1, -0.05) is 53.1 Å². The van der Waals surface area contributed by atoms with Gasteiger partial charge in [-0.05, 0) is 43.5 Å². The SMILES string of the molecule is Cc1cc(C)cc(CC(CCl)(CCl)c2cccc(Cl)c2)c1. The van der Waals surface area contributed by atoms with E-state index in [9.17, 15) is 0 Å². The van der Waals surface area contributed by atoms with Gasteiger partial charge in [0.1, 0.15) is 0 Å². The third kappa shape index (κ3) is 3.94. The van der Waals surface area contributed by atoms with Gasteiger partial charge in [0.2, 0.25) is 0 Å². The zero-order chi connectivity index (χ0) is 15.5. The van der Waals surface area contributed by atoms with Crippen LogP contribution in [0.5, 0.6) is 0 Å². The number of hydrogen-bond acceptors (Lipinski definition) is 0. The van der Waals surface area contributed by atoms with Crippen molar-refractivity contribution >= 4 is 34.8 Å². The van der Waals surface area contributed by atoms with E-state index in [1.807, 2.05) is 18.2 Å². The van der Waals surface area contributed by atoms with E-state index in [0.29, 0.717) is 16.8 Å². The van der Waals surface area contributed by atoms with Crippen molar-refractivity contribution in [2.45, 2.75) is 25.7 Å². The molecule has 0 atom stereocenters. The fraction of sp³-hybridized carbons (Fsp3) is 0.333. The highest BCUT2D eigenvalue weighted by Gasteiger charge is 2.31. The second-order valence-corrected chi connectivity index (χ2v) is 6.70. The smallest absolute Gasteiger partial charge is 0.0408 e. The quantitative estimate of drug-likeness (QED) is 0.593. The van der Waals surface area contributed by atoms with E-state index in [1.54, 1.807) is 0 Å². The minimum absolute atomic E-state index is 0.297. The van der Waals surface area contributed by atoms with Gasteiger partial charge < -0.3 is 0 Å². The molecule has 0 aliphatic heterocycles. The summed E-state index contributed by atoms with van der Waals surface area (Å²) in [4.78, 5) is 0. The number of hydrogen-bond donors (Lipinski definition) is 0. The Balaban J connectivity index is 2.42. The maximum absolute atomic E-state index is 6.31. The molecule has 0 aliphatic carbocycles. The van der Waals surface area contributed by atoms with Crippen LogP contribution >= 0.6 is 34.8 Å². The van der Waals surface area contributed by atoms with Gasteiger partial charge in [0.15, 0.2) is 0 Å². The van der Waals surface area contributed by atoms with E-state index in [-0.39, 0.29) is 5.41 Å². The van der Waals surface area contributed by atoms with Crippen molar-refractivity contribution in [1.29, 1.82) is 0 Å². The van der Waals surface area contributed by atoms with E-state index >= 15 is 0 Å². The zero-order valence-corrected chi connectivity index (χ0v) is 14.6. The summed E-state index contributed by atoms with van der Waals surface area (Å²) in [6, 6.07) is 14.4. The standard InChI is InChI=1S/C18H19Cl3/c1-13-6-14(2)8-15(7-13)10-18(11-19,12-20)16-4-3-5-17(21)9-16/h3-9H,10-12H2,1-2H3. The van der Waals surface area contributed by atoms with Gasteiger partial charge in [0.25, 0.3) is 0 Å². The van der Waals surface area contributed by atoms with Crippen molar-refractivity contribution in [2.24, 2.45) is 0 Å². The molecule has 2 rings (SSSR count). The van der Waals surface area contributed by atoms with E-state index in [0.717, 1.165) is 12.0 Å². The molecule has 0 saturated carbocycles. The topological polar surface area (TPSA) is 0 Å². The molecule has 0 unspecified atom stereocenters. The lowest BCUT2D eigenvalue weighted by Gasteiger charge is -2.31. The van der Waals surface area contributed by atoms with Crippen molar-refractivity contribution in [3.8, 4) is 0 Å². The molecule has 3 heteroatoms. The molecular formula is C18H19Cl3. The van der Waals surface area contributed by atoms with Crippen LogP contribution in [0.25, 0.3) is 0 Å². The number of rotatable bonds is 5. The molecule has 112 valence electrons. The maximum Gasteiger partial charge on any atom is 0.0408 e. The zero-order valence-electron chi connectivity index (χ0n) is 12.3. The Morgan fingerprint density at radius 1 is 0.905 bits per heavy atom. The predicted octanol–water partition coefficient (Wildman–Crippen LogP) is 5.91. The number of halogens is 3. The van der Waals surface area contributed by atoms with E-state index < -0.39 is 0 Å².